The van der Waals surface area contributed by atoms with Crippen LogP contribution in [0.4, 0.5) is 4.48 Å². The van der Waals surface area contributed by atoms with E-state index in [0.29, 0.717) is 0 Å². The molecule has 0 radical (unpaired) electrons. The van der Waals surface area contributed by atoms with Crippen LogP contribution in [0.15, 0.2) is 0 Å². The van der Waals surface area contributed by atoms with Crippen molar-refractivity contribution in [2.24, 2.45) is 0 Å². The lowest BCUT2D eigenvalue weighted by Gasteiger charge is -2.02. The average Bonchev–Trinajstić information content (AvgIpc) is 1.89. The molecule has 0 unspecified atom stereocenters. The molecule has 0 rings (SSSR count). The molecule has 0 aliphatic rings. The fourth-order valence-corrected chi connectivity index (χ4v) is 0.327. The maximum Gasteiger partial charge on any atom is 0.266 e. The first-order valence-corrected chi connectivity index (χ1v) is 2.84. The standard InChI is InChI=1S/C5H10FNO2/c1-2-3-4-9-7(6)5-8/h5H,2-4H2,1H3. The molecular formula is C5H10FNO2. The molecule has 0 bridgehead atoms. The van der Waals surface area contributed by atoms with E-state index in [1.54, 1.807) is 0 Å². The van der Waals surface area contributed by atoms with E-state index in [1.165, 1.54) is 0 Å². The van der Waals surface area contributed by atoms with Gasteiger partial charge in [0.15, 0.2) is 0 Å². The van der Waals surface area contributed by atoms with E-state index < -0.39 is 0 Å². The second-order valence-electron chi connectivity index (χ2n) is 1.56. The Morgan fingerprint density at radius 3 is 2.89 bits per heavy atom. The van der Waals surface area contributed by atoms with Crippen molar-refractivity contribution in [3.05, 3.63) is 0 Å². The van der Waals surface area contributed by atoms with Crippen LogP contribution in [0.2, 0.25) is 0 Å². The number of halogens is 1. The Hall–Kier alpha value is -0.640. The molecule has 0 aliphatic carbocycles. The Balaban J connectivity index is 2.96. The first-order chi connectivity index (χ1) is 4.31. The van der Waals surface area contributed by atoms with Crippen molar-refractivity contribution >= 4 is 6.41 Å². The maximum atomic E-state index is 11.7. The van der Waals surface area contributed by atoms with Crippen molar-refractivity contribution in [3.63, 3.8) is 0 Å². The van der Waals surface area contributed by atoms with Crippen molar-refractivity contribution in [1.29, 1.82) is 0 Å². The zero-order chi connectivity index (χ0) is 7.11. The summed E-state index contributed by atoms with van der Waals surface area (Å²) in [6.07, 6.45) is 1.66. The van der Waals surface area contributed by atoms with Crippen LogP contribution in [-0.2, 0) is 9.63 Å². The van der Waals surface area contributed by atoms with Crippen LogP contribution in [0.25, 0.3) is 0 Å². The number of carbonyl (C=O) groups excluding carboxylic acids is 1. The second-order valence-corrected chi connectivity index (χ2v) is 1.56. The van der Waals surface area contributed by atoms with Crippen LogP contribution in [0.1, 0.15) is 19.8 Å². The van der Waals surface area contributed by atoms with Gasteiger partial charge in [0.1, 0.15) is 0 Å². The van der Waals surface area contributed by atoms with Gasteiger partial charge in [0, 0.05) is 0 Å². The smallest absolute Gasteiger partial charge is 0.266 e. The van der Waals surface area contributed by atoms with Crippen LogP contribution in [0, 0.1) is 0 Å². The first kappa shape index (κ1) is 8.36. The van der Waals surface area contributed by atoms with Gasteiger partial charge in [0.05, 0.1) is 6.61 Å². The summed E-state index contributed by atoms with van der Waals surface area (Å²) in [7, 11) is 0. The molecule has 0 aromatic carbocycles. The number of hydroxylamine groups is 1. The van der Waals surface area contributed by atoms with Gasteiger partial charge in [-0.1, -0.05) is 17.8 Å². The number of hydrogen-bond donors (Lipinski definition) is 0. The quantitative estimate of drug-likeness (QED) is 0.244. The van der Waals surface area contributed by atoms with E-state index in [4.69, 9.17) is 0 Å². The largest absolute Gasteiger partial charge is 0.273 e. The summed E-state index contributed by atoms with van der Waals surface area (Å²) in [5.74, 6) is 0. The van der Waals surface area contributed by atoms with Gasteiger partial charge in [-0.25, -0.2) is 4.84 Å². The fourth-order valence-electron chi connectivity index (χ4n) is 0.327. The van der Waals surface area contributed by atoms with Gasteiger partial charge in [-0.05, 0) is 11.7 Å². The molecule has 0 aromatic rings. The lowest BCUT2D eigenvalue weighted by molar-refractivity contribution is -0.252. The minimum Gasteiger partial charge on any atom is -0.273 e. The highest BCUT2D eigenvalue weighted by Gasteiger charge is 1.94. The van der Waals surface area contributed by atoms with Crippen molar-refractivity contribution in [2.45, 2.75) is 19.8 Å². The van der Waals surface area contributed by atoms with Crippen LogP contribution in [0.3, 0.4) is 0 Å². The Bertz CT molecular complexity index is 79.4. The highest BCUT2D eigenvalue weighted by Crippen LogP contribution is 1.90. The molecule has 0 heterocycles. The zero-order valence-electron chi connectivity index (χ0n) is 5.34. The van der Waals surface area contributed by atoms with Gasteiger partial charge in [-0.15, -0.1) is 0 Å². The molecule has 54 valence electrons. The lowest BCUT2D eigenvalue weighted by atomic mass is 10.4. The van der Waals surface area contributed by atoms with Crippen molar-refractivity contribution in [2.75, 3.05) is 6.61 Å². The molecule has 1 amide bonds. The lowest BCUT2D eigenvalue weighted by Crippen LogP contribution is -2.12. The van der Waals surface area contributed by atoms with Crippen LogP contribution in [-0.4, -0.2) is 18.3 Å². The minimum atomic E-state index is -0.324. The Morgan fingerprint density at radius 1 is 1.78 bits per heavy atom. The van der Waals surface area contributed by atoms with Gasteiger partial charge in [-0.2, -0.15) is 0 Å². The number of rotatable bonds is 5. The van der Waals surface area contributed by atoms with E-state index in [2.05, 4.69) is 4.84 Å². The Labute approximate surface area is 53.3 Å². The van der Waals surface area contributed by atoms with E-state index in [0.717, 1.165) is 12.8 Å². The molecule has 0 N–H and O–H groups in total. The molecule has 3 nitrogen and oxygen atoms in total. The van der Waals surface area contributed by atoms with Gasteiger partial charge in [-0.3, -0.25) is 4.79 Å². The van der Waals surface area contributed by atoms with Crippen LogP contribution >= 0.6 is 0 Å². The maximum absolute atomic E-state index is 11.7. The van der Waals surface area contributed by atoms with Gasteiger partial charge >= 0.3 is 0 Å². The number of amides is 1. The predicted molar refractivity (Wildman–Crippen MR) is 29.9 cm³/mol. The van der Waals surface area contributed by atoms with E-state index >= 15 is 0 Å². The summed E-state index contributed by atoms with van der Waals surface area (Å²) < 4.78 is 11.7. The molecule has 0 aromatic heterocycles. The van der Waals surface area contributed by atoms with E-state index in [9.17, 15) is 9.28 Å². The molecule has 0 saturated carbocycles. The summed E-state index contributed by atoms with van der Waals surface area (Å²) >= 11 is 0. The SMILES string of the molecule is CCCCON(F)C=O. The van der Waals surface area contributed by atoms with Gasteiger partial charge in [0.25, 0.3) is 6.41 Å². The number of nitrogens with zero attached hydrogens (tertiary/aromatic N) is 1. The van der Waals surface area contributed by atoms with Gasteiger partial charge < -0.3 is 0 Å². The predicted octanol–water partition coefficient (Wildman–Crippen LogP) is 1.06. The molecule has 0 spiro atoms. The monoisotopic (exact) mass is 135 g/mol. The summed E-state index contributed by atoms with van der Waals surface area (Å²) in [6, 6.07) is 0. The highest BCUT2D eigenvalue weighted by atomic mass is 19.2. The second kappa shape index (κ2) is 5.50. The number of unbranched alkanes of at least 4 members (excludes halogenated alkanes) is 1. The Morgan fingerprint density at radius 2 is 2.44 bits per heavy atom. The molecule has 9 heavy (non-hydrogen) atoms. The average molecular weight is 135 g/mol. The third-order valence-electron chi connectivity index (χ3n) is 0.795. The fraction of sp³-hybridized carbons (Fsp3) is 0.800. The summed E-state index contributed by atoms with van der Waals surface area (Å²) in [6.45, 7) is 2.21. The topological polar surface area (TPSA) is 29.5 Å². The first-order valence-electron chi connectivity index (χ1n) is 2.84. The normalized spacial score (nSPS) is 9.11. The molecule has 0 fully saturated rings. The summed E-state index contributed by atoms with van der Waals surface area (Å²) in [5.41, 5.74) is 0. The van der Waals surface area contributed by atoms with E-state index in [1.807, 2.05) is 6.92 Å². The third-order valence-corrected chi connectivity index (χ3v) is 0.795. The minimum absolute atomic E-state index is 0.0182. The Kier molecular flexibility index (Phi) is 5.11. The van der Waals surface area contributed by atoms with Crippen molar-refractivity contribution < 1.29 is 14.1 Å². The molecule has 0 atom stereocenters. The molecule has 4 heteroatoms. The van der Waals surface area contributed by atoms with Gasteiger partial charge in [0.2, 0.25) is 0 Å². The summed E-state index contributed by atoms with van der Waals surface area (Å²) in [5, 5.41) is -0.324. The zero-order valence-corrected chi connectivity index (χ0v) is 5.34. The van der Waals surface area contributed by atoms with Crippen molar-refractivity contribution in [3.8, 4) is 0 Å². The molecule has 0 aliphatic heterocycles. The van der Waals surface area contributed by atoms with Crippen molar-refractivity contribution in [1.82, 2.24) is 5.29 Å². The summed E-state index contributed by atoms with van der Waals surface area (Å²) in [4.78, 5) is 13.8. The molecule has 0 saturated heterocycles. The highest BCUT2D eigenvalue weighted by molar-refractivity contribution is 5.42. The van der Waals surface area contributed by atoms with E-state index in [-0.39, 0.29) is 18.3 Å². The number of carbonyl (C=O) groups is 1. The van der Waals surface area contributed by atoms with Crippen LogP contribution in [0.5, 0.6) is 0 Å². The third kappa shape index (κ3) is 5.23. The van der Waals surface area contributed by atoms with Crippen LogP contribution < -0.4 is 0 Å². The molecular weight excluding hydrogens is 125 g/mol. The number of hydrogen-bond acceptors (Lipinski definition) is 2.